The van der Waals surface area contributed by atoms with Gasteiger partial charge in [0.25, 0.3) is 0 Å². The van der Waals surface area contributed by atoms with E-state index in [2.05, 4.69) is 27.1 Å². The molecule has 5 heteroatoms. The van der Waals surface area contributed by atoms with Crippen LogP contribution in [-0.2, 0) is 0 Å². The Morgan fingerprint density at radius 3 is 3.21 bits per heavy atom. The highest BCUT2D eigenvalue weighted by Crippen LogP contribution is 2.13. The SMILES string of the molecule is C[C@H]1CN(c2ccnc(Cl)n2)CCN1. The van der Waals surface area contributed by atoms with E-state index in [0.29, 0.717) is 11.3 Å². The van der Waals surface area contributed by atoms with Crippen molar-refractivity contribution in [2.75, 3.05) is 24.5 Å². The van der Waals surface area contributed by atoms with Gasteiger partial charge in [-0.15, -0.1) is 0 Å². The van der Waals surface area contributed by atoms with E-state index in [1.54, 1.807) is 6.20 Å². The van der Waals surface area contributed by atoms with Gasteiger partial charge in [-0.25, -0.2) is 9.97 Å². The molecule has 1 aliphatic heterocycles. The first-order valence-corrected chi connectivity index (χ1v) is 5.10. The first-order valence-electron chi connectivity index (χ1n) is 4.72. The summed E-state index contributed by atoms with van der Waals surface area (Å²) in [5.74, 6) is 0.915. The van der Waals surface area contributed by atoms with Gasteiger partial charge in [0.05, 0.1) is 0 Å². The van der Waals surface area contributed by atoms with Crippen LogP contribution in [0.2, 0.25) is 5.28 Å². The normalized spacial score (nSPS) is 22.4. The molecular weight excluding hydrogens is 200 g/mol. The van der Waals surface area contributed by atoms with Gasteiger partial charge < -0.3 is 10.2 Å². The highest BCUT2D eigenvalue weighted by molar-refractivity contribution is 6.28. The molecule has 1 aromatic rings. The fraction of sp³-hybridized carbons (Fsp3) is 0.556. The van der Waals surface area contributed by atoms with Gasteiger partial charge in [0.2, 0.25) is 5.28 Å². The maximum Gasteiger partial charge on any atom is 0.224 e. The summed E-state index contributed by atoms with van der Waals surface area (Å²) in [6, 6.07) is 2.39. The summed E-state index contributed by atoms with van der Waals surface area (Å²) in [5.41, 5.74) is 0. The summed E-state index contributed by atoms with van der Waals surface area (Å²) in [7, 11) is 0. The molecule has 2 heterocycles. The Kier molecular flexibility index (Phi) is 2.84. The summed E-state index contributed by atoms with van der Waals surface area (Å²) in [6.45, 7) is 5.09. The van der Waals surface area contributed by atoms with Gasteiger partial charge >= 0.3 is 0 Å². The number of piperazine rings is 1. The molecule has 14 heavy (non-hydrogen) atoms. The summed E-state index contributed by atoms with van der Waals surface area (Å²) in [4.78, 5) is 10.3. The van der Waals surface area contributed by atoms with Gasteiger partial charge in [-0.1, -0.05) is 0 Å². The number of halogens is 1. The van der Waals surface area contributed by atoms with Crippen molar-refractivity contribution in [2.45, 2.75) is 13.0 Å². The first-order chi connectivity index (χ1) is 6.75. The Balaban J connectivity index is 2.14. The monoisotopic (exact) mass is 212 g/mol. The molecule has 0 unspecified atom stereocenters. The van der Waals surface area contributed by atoms with Crippen molar-refractivity contribution in [2.24, 2.45) is 0 Å². The predicted octanol–water partition coefficient (Wildman–Crippen LogP) is 0.928. The van der Waals surface area contributed by atoms with Crippen LogP contribution < -0.4 is 10.2 Å². The summed E-state index contributed by atoms with van der Waals surface area (Å²) in [6.07, 6.45) is 1.69. The average Bonchev–Trinajstić information content (AvgIpc) is 2.18. The Morgan fingerprint density at radius 2 is 2.50 bits per heavy atom. The van der Waals surface area contributed by atoms with Crippen molar-refractivity contribution < 1.29 is 0 Å². The van der Waals surface area contributed by atoms with E-state index >= 15 is 0 Å². The van der Waals surface area contributed by atoms with Crippen molar-refractivity contribution in [3.63, 3.8) is 0 Å². The smallest absolute Gasteiger partial charge is 0.224 e. The molecular formula is C9H13ClN4. The van der Waals surface area contributed by atoms with Gasteiger partial charge in [-0.2, -0.15) is 0 Å². The van der Waals surface area contributed by atoms with E-state index in [0.717, 1.165) is 25.5 Å². The molecule has 1 aromatic heterocycles. The zero-order chi connectivity index (χ0) is 9.97. The fourth-order valence-electron chi connectivity index (χ4n) is 1.64. The second-order valence-corrected chi connectivity index (χ2v) is 3.82. The number of nitrogens with one attached hydrogen (secondary N) is 1. The Bertz CT molecular complexity index is 317. The molecule has 0 saturated carbocycles. The summed E-state index contributed by atoms with van der Waals surface area (Å²) < 4.78 is 0. The third-order valence-electron chi connectivity index (χ3n) is 2.30. The maximum absolute atomic E-state index is 5.74. The number of rotatable bonds is 1. The van der Waals surface area contributed by atoms with Crippen LogP contribution in [-0.4, -0.2) is 35.6 Å². The van der Waals surface area contributed by atoms with Crippen LogP contribution in [0, 0.1) is 0 Å². The number of aromatic nitrogens is 2. The van der Waals surface area contributed by atoms with Crippen LogP contribution in [0.15, 0.2) is 12.3 Å². The van der Waals surface area contributed by atoms with Crippen molar-refractivity contribution in [1.82, 2.24) is 15.3 Å². The minimum absolute atomic E-state index is 0.314. The van der Waals surface area contributed by atoms with E-state index in [9.17, 15) is 0 Å². The van der Waals surface area contributed by atoms with Crippen molar-refractivity contribution >= 4 is 17.4 Å². The molecule has 0 amide bonds. The highest BCUT2D eigenvalue weighted by Gasteiger charge is 2.16. The molecule has 1 atom stereocenters. The van der Waals surface area contributed by atoms with Crippen LogP contribution in [0.5, 0.6) is 0 Å². The Morgan fingerprint density at radius 1 is 1.64 bits per heavy atom. The third kappa shape index (κ3) is 2.13. The van der Waals surface area contributed by atoms with E-state index in [1.165, 1.54) is 0 Å². The fourth-order valence-corrected chi connectivity index (χ4v) is 1.79. The van der Waals surface area contributed by atoms with E-state index in [4.69, 9.17) is 11.6 Å². The molecule has 0 aromatic carbocycles. The minimum Gasteiger partial charge on any atom is -0.354 e. The lowest BCUT2D eigenvalue weighted by Crippen LogP contribution is -2.49. The van der Waals surface area contributed by atoms with Crippen molar-refractivity contribution in [3.8, 4) is 0 Å². The molecule has 1 saturated heterocycles. The van der Waals surface area contributed by atoms with Crippen molar-refractivity contribution in [3.05, 3.63) is 17.5 Å². The number of anilines is 1. The molecule has 2 rings (SSSR count). The second-order valence-electron chi connectivity index (χ2n) is 3.49. The molecule has 0 bridgehead atoms. The Labute approximate surface area is 88.3 Å². The molecule has 76 valence electrons. The average molecular weight is 213 g/mol. The Hall–Kier alpha value is -0.870. The largest absolute Gasteiger partial charge is 0.354 e. The third-order valence-corrected chi connectivity index (χ3v) is 2.49. The number of nitrogens with zero attached hydrogens (tertiary/aromatic N) is 3. The standard InChI is InChI=1S/C9H13ClN4/c1-7-6-14(5-4-11-7)8-2-3-12-9(10)13-8/h2-3,7,11H,4-6H2,1H3/t7-/m0/s1. The predicted molar refractivity (Wildman–Crippen MR) is 56.7 cm³/mol. The van der Waals surface area contributed by atoms with Crippen LogP contribution in [0.3, 0.4) is 0 Å². The van der Waals surface area contributed by atoms with E-state index in [1.807, 2.05) is 6.07 Å². The van der Waals surface area contributed by atoms with Gasteiger partial charge in [-0.05, 0) is 24.6 Å². The van der Waals surface area contributed by atoms with Crippen molar-refractivity contribution in [1.29, 1.82) is 0 Å². The van der Waals surface area contributed by atoms with Crippen LogP contribution in [0.25, 0.3) is 0 Å². The topological polar surface area (TPSA) is 41.1 Å². The zero-order valence-electron chi connectivity index (χ0n) is 8.07. The van der Waals surface area contributed by atoms with Gasteiger partial charge in [0.1, 0.15) is 5.82 Å². The van der Waals surface area contributed by atoms with Gasteiger partial charge in [-0.3, -0.25) is 0 Å². The second kappa shape index (κ2) is 4.11. The quantitative estimate of drug-likeness (QED) is 0.704. The molecule has 1 aliphatic rings. The van der Waals surface area contributed by atoms with Gasteiger partial charge in [0, 0.05) is 31.9 Å². The summed E-state index contributed by atoms with van der Waals surface area (Å²) >= 11 is 5.74. The molecule has 0 spiro atoms. The molecule has 1 N–H and O–H groups in total. The minimum atomic E-state index is 0.314. The molecule has 4 nitrogen and oxygen atoms in total. The lowest BCUT2D eigenvalue weighted by Gasteiger charge is -2.32. The maximum atomic E-state index is 5.74. The zero-order valence-corrected chi connectivity index (χ0v) is 8.83. The van der Waals surface area contributed by atoms with Gasteiger partial charge in [0.15, 0.2) is 0 Å². The van der Waals surface area contributed by atoms with E-state index < -0.39 is 0 Å². The lowest BCUT2D eigenvalue weighted by atomic mass is 10.2. The first kappa shape index (κ1) is 9.68. The molecule has 1 fully saturated rings. The number of hydrogen-bond donors (Lipinski definition) is 1. The molecule has 0 aliphatic carbocycles. The lowest BCUT2D eigenvalue weighted by molar-refractivity contribution is 0.482. The van der Waals surface area contributed by atoms with Crippen LogP contribution >= 0.6 is 11.6 Å². The molecule has 0 radical (unpaired) electrons. The van der Waals surface area contributed by atoms with Crippen LogP contribution in [0.1, 0.15) is 6.92 Å². The summed E-state index contributed by atoms with van der Waals surface area (Å²) in [5, 5.41) is 3.69. The highest BCUT2D eigenvalue weighted by atomic mass is 35.5. The number of hydrogen-bond acceptors (Lipinski definition) is 4. The van der Waals surface area contributed by atoms with E-state index in [-0.39, 0.29) is 0 Å². The van der Waals surface area contributed by atoms with Crippen LogP contribution in [0.4, 0.5) is 5.82 Å².